The van der Waals surface area contributed by atoms with E-state index in [1.54, 1.807) is 23.5 Å². The highest BCUT2D eigenvalue weighted by Crippen LogP contribution is 2.19. The summed E-state index contributed by atoms with van der Waals surface area (Å²) in [5.74, 6) is -0.0840. The molecule has 0 aliphatic heterocycles. The predicted molar refractivity (Wildman–Crippen MR) is 81.0 cm³/mol. The molecule has 19 heavy (non-hydrogen) atoms. The van der Waals surface area contributed by atoms with E-state index >= 15 is 0 Å². The van der Waals surface area contributed by atoms with Gasteiger partial charge in [0.1, 0.15) is 0 Å². The van der Waals surface area contributed by atoms with Crippen molar-refractivity contribution in [3.05, 3.63) is 51.7 Å². The van der Waals surface area contributed by atoms with E-state index < -0.39 is 0 Å². The summed E-state index contributed by atoms with van der Waals surface area (Å²) in [6.45, 7) is 1.08. The summed E-state index contributed by atoms with van der Waals surface area (Å²) in [6.07, 6.45) is 0.942. The summed E-state index contributed by atoms with van der Waals surface area (Å²) in [6, 6.07) is 11.3. The Morgan fingerprint density at radius 1 is 1.21 bits per heavy atom. The summed E-state index contributed by atoms with van der Waals surface area (Å²) in [7, 11) is 0. The molecule has 100 valence electrons. The average molecular weight is 295 g/mol. The molecule has 0 spiro atoms. The van der Waals surface area contributed by atoms with Crippen molar-refractivity contribution in [2.45, 2.75) is 6.42 Å². The van der Waals surface area contributed by atoms with Gasteiger partial charge in [-0.15, -0.1) is 11.3 Å². The zero-order valence-corrected chi connectivity index (χ0v) is 11.9. The minimum Gasteiger partial charge on any atom is -0.324 e. The van der Waals surface area contributed by atoms with Gasteiger partial charge in [0.25, 0.3) is 0 Å². The third-order valence-electron chi connectivity index (χ3n) is 2.56. The van der Waals surface area contributed by atoms with Gasteiger partial charge >= 0.3 is 0 Å². The van der Waals surface area contributed by atoms with E-state index in [-0.39, 0.29) is 12.5 Å². The smallest absolute Gasteiger partial charge is 0.238 e. The Balaban J connectivity index is 1.69. The molecule has 1 aromatic carbocycles. The van der Waals surface area contributed by atoms with Gasteiger partial charge in [-0.05, 0) is 30.0 Å². The SMILES string of the molecule is O=C(CNCCc1cccs1)Nc1ccccc1Cl. The second-order valence-electron chi connectivity index (χ2n) is 4.03. The van der Waals surface area contributed by atoms with E-state index in [1.807, 2.05) is 18.2 Å². The van der Waals surface area contributed by atoms with E-state index in [2.05, 4.69) is 22.1 Å². The first-order valence-electron chi connectivity index (χ1n) is 6.03. The third kappa shape index (κ3) is 4.67. The van der Waals surface area contributed by atoms with Crippen molar-refractivity contribution in [1.82, 2.24) is 5.32 Å². The summed E-state index contributed by atoms with van der Waals surface area (Å²) in [4.78, 5) is 13.0. The Morgan fingerprint density at radius 3 is 2.79 bits per heavy atom. The number of hydrogen-bond acceptors (Lipinski definition) is 3. The normalized spacial score (nSPS) is 10.4. The van der Waals surface area contributed by atoms with E-state index in [1.165, 1.54) is 4.88 Å². The molecule has 0 bridgehead atoms. The van der Waals surface area contributed by atoms with E-state index in [0.29, 0.717) is 10.7 Å². The Labute approximate surface area is 121 Å². The minimum atomic E-state index is -0.0840. The first-order chi connectivity index (χ1) is 9.25. The molecule has 2 rings (SSSR count). The highest BCUT2D eigenvalue weighted by Gasteiger charge is 2.04. The maximum atomic E-state index is 11.7. The van der Waals surface area contributed by atoms with Gasteiger partial charge in [-0.25, -0.2) is 0 Å². The fourth-order valence-electron chi connectivity index (χ4n) is 1.63. The zero-order chi connectivity index (χ0) is 13.5. The number of carbonyl (C=O) groups is 1. The largest absolute Gasteiger partial charge is 0.324 e. The van der Waals surface area contributed by atoms with Gasteiger partial charge < -0.3 is 10.6 Å². The molecule has 5 heteroatoms. The molecule has 2 N–H and O–H groups in total. The molecule has 0 fully saturated rings. The lowest BCUT2D eigenvalue weighted by Gasteiger charge is -2.07. The van der Waals surface area contributed by atoms with Gasteiger partial charge in [0.15, 0.2) is 0 Å². The highest BCUT2D eigenvalue weighted by molar-refractivity contribution is 7.09. The van der Waals surface area contributed by atoms with E-state index in [0.717, 1.165) is 13.0 Å². The molecule has 0 saturated carbocycles. The van der Waals surface area contributed by atoms with Crippen LogP contribution in [0.1, 0.15) is 4.88 Å². The molecule has 0 radical (unpaired) electrons. The van der Waals surface area contributed by atoms with Crippen LogP contribution in [-0.4, -0.2) is 19.0 Å². The highest BCUT2D eigenvalue weighted by atomic mass is 35.5. The number of halogens is 1. The second-order valence-corrected chi connectivity index (χ2v) is 5.47. The van der Waals surface area contributed by atoms with Gasteiger partial charge in [-0.3, -0.25) is 4.79 Å². The van der Waals surface area contributed by atoms with Gasteiger partial charge in [0, 0.05) is 11.4 Å². The van der Waals surface area contributed by atoms with Crippen molar-refractivity contribution in [2.24, 2.45) is 0 Å². The quantitative estimate of drug-likeness (QED) is 0.804. The first-order valence-corrected chi connectivity index (χ1v) is 7.29. The van der Waals surface area contributed by atoms with Crippen molar-refractivity contribution >= 4 is 34.5 Å². The maximum absolute atomic E-state index is 11.7. The molecule has 2 aromatic rings. The van der Waals surface area contributed by atoms with Crippen LogP contribution in [0.3, 0.4) is 0 Å². The van der Waals surface area contributed by atoms with Crippen molar-refractivity contribution < 1.29 is 4.79 Å². The standard InChI is InChI=1S/C14H15ClN2OS/c15-12-5-1-2-6-13(12)17-14(18)10-16-8-7-11-4-3-9-19-11/h1-6,9,16H,7-8,10H2,(H,17,18). The average Bonchev–Trinajstić information content (AvgIpc) is 2.91. The number of amides is 1. The van der Waals surface area contributed by atoms with Crippen LogP contribution < -0.4 is 10.6 Å². The molecule has 0 unspecified atom stereocenters. The molecule has 1 aromatic heterocycles. The van der Waals surface area contributed by atoms with Crippen LogP contribution in [0.4, 0.5) is 5.69 Å². The molecular formula is C14H15ClN2OS. The lowest BCUT2D eigenvalue weighted by Crippen LogP contribution is -2.29. The van der Waals surface area contributed by atoms with Crippen LogP contribution in [0.15, 0.2) is 41.8 Å². The fraction of sp³-hybridized carbons (Fsp3) is 0.214. The third-order valence-corrected chi connectivity index (χ3v) is 3.83. The Hall–Kier alpha value is -1.36. The molecule has 0 aliphatic carbocycles. The fourth-order valence-corrected chi connectivity index (χ4v) is 2.52. The number of anilines is 1. The van der Waals surface area contributed by atoms with Gasteiger partial charge in [0.05, 0.1) is 17.3 Å². The number of thiophene rings is 1. The number of carbonyl (C=O) groups excluding carboxylic acids is 1. The Bertz CT molecular complexity index is 528. The molecular weight excluding hydrogens is 280 g/mol. The second kappa shape index (κ2) is 7.28. The van der Waals surface area contributed by atoms with Crippen LogP contribution in [0.25, 0.3) is 0 Å². The Kier molecular flexibility index (Phi) is 5.39. The number of hydrogen-bond donors (Lipinski definition) is 2. The number of benzene rings is 1. The summed E-state index contributed by atoms with van der Waals surface area (Å²) in [5, 5.41) is 8.49. The lowest BCUT2D eigenvalue weighted by atomic mass is 10.3. The monoisotopic (exact) mass is 294 g/mol. The number of nitrogens with one attached hydrogen (secondary N) is 2. The van der Waals surface area contributed by atoms with Crippen LogP contribution in [0.5, 0.6) is 0 Å². The zero-order valence-electron chi connectivity index (χ0n) is 10.4. The summed E-state index contributed by atoms with van der Waals surface area (Å²) < 4.78 is 0. The van der Waals surface area contributed by atoms with Crippen molar-refractivity contribution in [3.63, 3.8) is 0 Å². The van der Waals surface area contributed by atoms with Crippen LogP contribution >= 0.6 is 22.9 Å². The topological polar surface area (TPSA) is 41.1 Å². The van der Waals surface area contributed by atoms with Gasteiger partial charge in [0.2, 0.25) is 5.91 Å². The van der Waals surface area contributed by atoms with Crippen molar-refractivity contribution in [2.75, 3.05) is 18.4 Å². The van der Waals surface area contributed by atoms with Crippen LogP contribution in [0, 0.1) is 0 Å². The first kappa shape index (κ1) is 14.1. The summed E-state index contributed by atoms with van der Waals surface area (Å²) >= 11 is 7.69. The summed E-state index contributed by atoms with van der Waals surface area (Å²) in [5.41, 5.74) is 0.647. The van der Waals surface area contributed by atoms with Crippen LogP contribution in [0.2, 0.25) is 5.02 Å². The number of rotatable bonds is 6. The van der Waals surface area contributed by atoms with Crippen molar-refractivity contribution in [1.29, 1.82) is 0 Å². The van der Waals surface area contributed by atoms with E-state index in [9.17, 15) is 4.79 Å². The molecule has 1 heterocycles. The molecule has 1 amide bonds. The molecule has 0 atom stereocenters. The molecule has 3 nitrogen and oxygen atoms in total. The van der Waals surface area contributed by atoms with Crippen molar-refractivity contribution in [3.8, 4) is 0 Å². The lowest BCUT2D eigenvalue weighted by molar-refractivity contribution is -0.115. The van der Waals surface area contributed by atoms with Gasteiger partial charge in [-0.1, -0.05) is 29.8 Å². The Morgan fingerprint density at radius 2 is 2.05 bits per heavy atom. The maximum Gasteiger partial charge on any atom is 0.238 e. The molecule has 0 saturated heterocycles. The number of para-hydroxylation sites is 1. The van der Waals surface area contributed by atoms with E-state index in [4.69, 9.17) is 11.6 Å². The molecule has 0 aliphatic rings. The predicted octanol–water partition coefficient (Wildman–Crippen LogP) is 3.17. The van der Waals surface area contributed by atoms with Crippen LogP contribution in [-0.2, 0) is 11.2 Å². The van der Waals surface area contributed by atoms with Gasteiger partial charge in [-0.2, -0.15) is 0 Å². The minimum absolute atomic E-state index is 0.0840.